The van der Waals surface area contributed by atoms with Crippen LogP contribution in [0.1, 0.15) is 19.8 Å². The number of hydrogen-bond acceptors (Lipinski definition) is 1. The number of rotatable bonds is 1. The van der Waals surface area contributed by atoms with Crippen molar-refractivity contribution in [2.75, 3.05) is 14.1 Å². The lowest BCUT2D eigenvalue weighted by Gasteiger charge is -2.22. The van der Waals surface area contributed by atoms with E-state index in [1.54, 1.807) is 4.90 Å². The third kappa shape index (κ3) is 1.28. The summed E-state index contributed by atoms with van der Waals surface area (Å²) in [7, 11) is 3.70. The number of allylic oxidation sites excluding steroid dienone is 2. The Hall–Kier alpha value is -0.790. The fraction of sp³-hybridized carbons (Fsp3) is 0.727. The second-order valence-electron chi connectivity index (χ2n) is 4.58. The van der Waals surface area contributed by atoms with Crippen LogP contribution in [0.25, 0.3) is 0 Å². The lowest BCUT2D eigenvalue weighted by molar-refractivity contribution is -0.133. The molecule has 1 amide bonds. The fourth-order valence-corrected chi connectivity index (χ4v) is 2.72. The third-order valence-corrected chi connectivity index (χ3v) is 3.49. The van der Waals surface area contributed by atoms with Crippen LogP contribution in [0.2, 0.25) is 0 Å². The minimum atomic E-state index is 0.281. The number of carbonyl (C=O) groups is 1. The first-order valence-electron chi connectivity index (χ1n) is 4.99. The average molecular weight is 179 g/mol. The Balaban J connectivity index is 2.11. The van der Waals surface area contributed by atoms with E-state index in [0.29, 0.717) is 17.7 Å². The standard InChI is InChI=1S/C11H17NO/c1-7-4-9-5-8(7)6-10(9)11(13)12(2)3/h4,8-10H,5-6H2,1-3H3. The van der Waals surface area contributed by atoms with E-state index in [9.17, 15) is 4.79 Å². The maximum absolute atomic E-state index is 11.7. The molecule has 2 aliphatic carbocycles. The van der Waals surface area contributed by atoms with Crippen molar-refractivity contribution >= 4 is 5.91 Å². The van der Waals surface area contributed by atoms with E-state index in [1.807, 2.05) is 14.1 Å². The van der Waals surface area contributed by atoms with Crippen LogP contribution in [-0.4, -0.2) is 24.9 Å². The van der Waals surface area contributed by atoms with Gasteiger partial charge in [-0.25, -0.2) is 0 Å². The second kappa shape index (κ2) is 2.86. The SMILES string of the molecule is CC1=CC2CC1CC2C(=O)N(C)C. The van der Waals surface area contributed by atoms with Gasteiger partial charge >= 0.3 is 0 Å². The number of fused-ring (bicyclic) bond motifs is 2. The predicted molar refractivity (Wildman–Crippen MR) is 52.2 cm³/mol. The minimum Gasteiger partial charge on any atom is -0.349 e. The Kier molecular flexibility index (Phi) is 1.94. The molecule has 0 aromatic carbocycles. The van der Waals surface area contributed by atoms with Gasteiger partial charge in [-0.15, -0.1) is 0 Å². The molecule has 0 saturated heterocycles. The highest BCUT2D eigenvalue weighted by Gasteiger charge is 2.42. The van der Waals surface area contributed by atoms with E-state index in [1.165, 1.54) is 12.0 Å². The Bertz CT molecular complexity index is 267. The molecular formula is C11H17NO. The molecule has 2 bridgehead atoms. The first kappa shape index (κ1) is 8.79. The van der Waals surface area contributed by atoms with Gasteiger partial charge in [0.25, 0.3) is 0 Å². The predicted octanol–water partition coefficient (Wildman–Crippen LogP) is 1.68. The Morgan fingerprint density at radius 1 is 1.46 bits per heavy atom. The molecule has 2 aliphatic rings. The molecule has 0 aromatic heterocycles. The van der Waals surface area contributed by atoms with Crippen molar-refractivity contribution in [3.63, 3.8) is 0 Å². The topological polar surface area (TPSA) is 20.3 Å². The van der Waals surface area contributed by atoms with Crippen LogP contribution in [0.5, 0.6) is 0 Å². The van der Waals surface area contributed by atoms with Gasteiger partial charge in [-0.2, -0.15) is 0 Å². The summed E-state index contributed by atoms with van der Waals surface area (Å²) >= 11 is 0. The summed E-state index contributed by atoms with van der Waals surface area (Å²) in [6, 6.07) is 0. The highest BCUT2D eigenvalue weighted by molar-refractivity contribution is 5.79. The summed E-state index contributed by atoms with van der Waals surface area (Å²) in [4.78, 5) is 13.5. The number of hydrogen-bond donors (Lipinski definition) is 0. The van der Waals surface area contributed by atoms with Crippen LogP contribution in [0.15, 0.2) is 11.6 Å². The molecule has 0 radical (unpaired) electrons. The zero-order valence-corrected chi connectivity index (χ0v) is 8.58. The van der Waals surface area contributed by atoms with Gasteiger partial charge in [0, 0.05) is 20.0 Å². The quantitative estimate of drug-likeness (QED) is 0.561. The number of carbonyl (C=O) groups excluding carboxylic acids is 1. The van der Waals surface area contributed by atoms with E-state index in [4.69, 9.17) is 0 Å². The van der Waals surface area contributed by atoms with Crippen LogP contribution in [-0.2, 0) is 4.79 Å². The molecule has 2 nitrogen and oxygen atoms in total. The van der Waals surface area contributed by atoms with Crippen molar-refractivity contribution in [1.82, 2.24) is 4.90 Å². The monoisotopic (exact) mass is 179 g/mol. The summed E-state index contributed by atoms with van der Waals surface area (Å²) in [6.07, 6.45) is 4.61. The van der Waals surface area contributed by atoms with E-state index in [2.05, 4.69) is 13.0 Å². The van der Waals surface area contributed by atoms with E-state index < -0.39 is 0 Å². The maximum Gasteiger partial charge on any atom is 0.225 e. The van der Waals surface area contributed by atoms with Gasteiger partial charge in [0.15, 0.2) is 0 Å². The zero-order chi connectivity index (χ0) is 9.59. The summed E-state index contributed by atoms with van der Waals surface area (Å²) in [5, 5.41) is 0. The van der Waals surface area contributed by atoms with Crippen LogP contribution in [0, 0.1) is 17.8 Å². The van der Waals surface area contributed by atoms with Crippen molar-refractivity contribution < 1.29 is 4.79 Å². The van der Waals surface area contributed by atoms with Gasteiger partial charge in [0.2, 0.25) is 5.91 Å². The highest BCUT2D eigenvalue weighted by Crippen LogP contribution is 2.47. The first-order valence-corrected chi connectivity index (χ1v) is 4.99. The molecule has 3 unspecified atom stereocenters. The normalized spacial score (nSPS) is 36.2. The summed E-state index contributed by atoms with van der Waals surface area (Å²) < 4.78 is 0. The molecular weight excluding hydrogens is 162 g/mol. The van der Waals surface area contributed by atoms with Gasteiger partial charge in [-0.1, -0.05) is 11.6 Å². The third-order valence-electron chi connectivity index (χ3n) is 3.49. The Morgan fingerprint density at radius 2 is 2.15 bits per heavy atom. The largest absolute Gasteiger partial charge is 0.349 e. The summed E-state index contributed by atoms with van der Waals surface area (Å²) in [6.45, 7) is 2.20. The van der Waals surface area contributed by atoms with Crippen molar-refractivity contribution in [2.24, 2.45) is 17.8 Å². The molecule has 1 saturated carbocycles. The van der Waals surface area contributed by atoms with Crippen LogP contribution < -0.4 is 0 Å². The fourth-order valence-electron chi connectivity index (χ4n) is 2.72. The first-order chi connectivity index (χ1) is 6.09. The van der Waals surface area contributed by atoms with Crippen LogP contribution in [0.3, 0.4) is 0 Å². The maximum atomic E-state index is 11.7. The molecule has 0 N–H and O–H groups in total. The average Bonchev–Trinajstić information content (AvgIpc) is 2.60. The van der Waals surface area contributed by atoms with E-state index in [-0.39, 0.29) is 5.92 Å². The zero-order valence-electron chi connectivity index (χ0n) is 8.58. The Labute approximate surface area is 79.6 Å². The lowest BCUT2D eigenvalue weighted by Crippen LogP contribution is -2.32. The van der Waals surface area contributed by atoms with Crippen LogP contribution >= 0.6 is 0 Å². The number of amides is 1. The molecule has 2 rings (SSSR count). The summed E-state index contributed by atoms with van der Waals surface area (Å²) in [5.74, 6) is 1.85. The summed E-state index contributed by atoms with van der Waals surface area (Å²) in [5.41, 5.74) is 1.51. The van der Waals surface area contributed by atoms with Gasteiger partial charge in [0.1, 0.15) is 0 Å². The molecule has 0 spiro atoms. The Morgan fingerprint density at radius 3 is 2.54 bits per heavy atom. The highest BCUT2D eigenvalue weighted by atomic mass is 16.2. The minimum absolute atomic E-state index is 0.281. The molecule has 1 fully saturated rings. The van der Waals surface area contributed by atoms with Gasteiger partial charge in [-0.3, -0.25) is 4.79 Å². The van der Waals surface area contributed by atoms with Crippen molar-refractivity contribution in [2.45, 2.75) is 19.8 Å². The van der Waals surface area contributed by atoms with Crippen molar-refractivity contribution in [1.29, 1.82) is 0 Å². The molecule has 0 aromatic rings. The van der Waals surface area contributed by atoms with E-state index >= 15 is 0 Å². The molecule has 72 valence electrons. The molecule has 0 heterocycles. The number of nitrogens with zero attached hydrogens (tertiary/aromatic N) is 1. The van der Waals surface area contributed by atoms with Crippen molar-refractivity contribution in [3.05, 3.63) is 11.6 Å². The van der Waals surface area contributed by atoms with Gasteiger partial charge in [-0.05, 0) is 31.6 Å². The molecule has 2 heteroatoms. The molecule has 3 atom stereocenters. The smallest absolute Gasteiger partial charge is 0.225 e. The lowest BCUT2D eigenvalue weighted by atomic mass is 9.89. The van der Waals surface area contributed by atoms with Gasteiger partial charge < -0.3 is 4.90 Å². The molecule has 13 heavy (non-hydrogen) atoms. The van der Waals surface area contributed by atoms with Crippen molar-refractivity contribution in [3.8, 4) is 0 Å². The second-order valence-corrected chi connectivity index (χ2v) is 4.58. The van der Waals surface area contributed by atoms with Gasteiger partial charge in [0.05, 0.1) is 0 Å². The van der Waals surface area contributed by atoms with Crippen LogP contribution in [0.4, 0.5) is 0 Å². The van der Waals surface area contributed by atoms with E-state index in [0.717, 1.165) is 6.42 Å². The molecule has 0 aliphatic heterocycles.